The molecule has 2 fully saturated rings. The standard InChI is InChI=1S/C20H26N6O/c21-12-15(13-23-16-3-5-22-6-4-16)20-14-24-18-2-1-17(11-19(18)25-20)26-7-9-27-10-8-26/h1-2,11-14,16,21-23H,3-10H2/b15-13+,21-12?. The van der Waals surface area contributed by atoms with E-state index in [-0.39, 0.29) is 0 Å². The van der Waals surface area contributed by atoms with Gasteiger partial charge in [-0.25, -0.2) is 4.98 Å². The van der Waals surface area contributed by atoms with E-state index < -0.39 is 0 Å². The summed E-state index contributed by atoms with van der Waals surface area (Å²) >= 11 is 0. The Balaban J connectivity index is 1.57. The van der Waals surface area contributed by atoms with E-state index in [2.05, 4.69) is 32.7 Å². The summed E-state index contributed by atoms with van der Waals surface area (Å²) in [4.78, 5) is 11.6. The summed E-state index contributed by atoms with van der Waals surface area (Å²) in [6, 6.07) is 6.63. The molecule has 0 aliphatic carbocycles. The molecule has 3 N–H and O–H groups in total. The van der Waals surface area contributed by atoms with Crippen LogP contribution in [-0.2, 0) is 4.74 Å². The summed E-state index contributed by atoms with van der Waals surface area (Å²) in [6.45, 7) is 5.37. The normalized spacial score (nSPS) is 19.3. The fraction of sp³-hybridized carbons (Fsp3) is 0.450. The van der Waals surface area contributed by atoms with Crippen molar-refractivity contribution >= 4 is 28.5 Å². The maximum absolute atomic E-state index is 7.79. The van der Waals surface area contributed by atoms with Crippen molar-refractivity contribution in [1.29, 1.82) is 5.41 Å². The average Bonchev–Trinajstić information content (AvgIpc) is 2.75. The molecule has 0 bridgehead atoms. The largest absolute Gasteiger partial charge is 0.387 e. The highest BCUT2D eigenvalue weighted by molar-refractivity contribution is 6.07. The molecule has 7 nitrogen and oxygen atoms in total. The molecule has 3 heterocycles. The van der Waals surface area contributed by atoms with Gasteiger partial charge in [-0.1, -0.05) is 0 Å². The van der Waals surface area contributed by atoms with E-state index in [0.29, 0.717) is 6.04 Å². The highest BCUT2D eigenvalue weighted by atomic mass is 16.5. The molecule has 2 saturated heterocycles. The van der Waals surface area contributed by atoms with Crippen molar-refractivity contribution in [2.24, 2.45) is 0 Å². The van der Waals surface area contributed by atoms with Gasteiger partial charge in [0.05, 0.1) is 36.1 Å². The van der Waals surface area contributed by atoms with Crippen LogP contribution in [0.3, 0.4) is 0 Å². The maximum atomic E-state index is 7.79. The molecule has 0 saturated carbocycles. The first-order chi connectivity index (χ1) is 13.3. The first kappa shape index (κ1) is 17.9. The number of ether oxygens (including phenoxy) is 1. The average molecular weight is 366 g/mol. The molecule has 0 amide bonds. The van der Waals surface area contributed by atoms with Gasteiger partial charge < -0.3 is 25.7 Å². The minimum atomic E-state index is 0.447. The van der Waals surface area contributed by atoms with Crippen LogP contribution in [0.5, 0.6) is 0 Å². The van der Waals surface area contributed by atoms with Crippen LogP contribution >= 0.6 is 0 Å². The van der Waals surface area contributed by atoms with Crippen LogP contribution in [0.4, 0.5) is 5.69 Å². The highest BCUT2D eigenvalue weighted by Crippen LogP contribution is 2.22. The predicted octanol–water partition coefficient (Wildman–Crippen LogP) is 1.80. The minimum Gasteiger partial charge on any atom is -0.387 e. The van der Waals surface area contributed by atoms with E-state index in [0.717, 1.165) is 80.2 Å². The summed E-state index contributed by atoms with van der Waals surface area (Å²) in [5, 5.41) is 14.6. The summed E-state index contributed by atoms with van der Waals surface area (Å²) in [5.74, 6) is 0. The predicted molar refractivity (Wildman–Crippen MR) is 108 cm³/mol. The highest BCUT2D eigenvalue weighted by Gasteiger charge is 2.14. The van der Waals surface area contributed by atoms with Gasteiger partial charge in [-0.2, -0.15) is 0 Å². The van der Waals surface area contributed by atoms with Crippen LogP contribution in [0.15, 0.2) is 30.6 Å². The number of rotatable bonds is 5. The first-order valence-electron chi connectivity index (χ1n) is 9.61. The number of allylic oxidation sites excluding steroid dienone is 1. The molecule has 27 heavy (non-hydrogen) atoms. The van der Waals surface area contributed by atoms with Crippen LogP contribution < -0.4 is 15.5 Å². The molecule has 1 aromatic heterocycles. The zero-order valence-corrected chi connectivity index (χ0v) is 15.4. The molecule has 2 aliphatic rings. The van der Waals surface area contributed by atoms with Crippen LogP contribution in [0.25, 0.3) is 16.6 Å². The lowest BCUT2D eigenvalue weighted by Crippen LogP contribution is -2.37. The Labute approximate surface area is 159 Å². The second-order valence-electron chi connectivity index (χ2n) is 6.96. The SMILES string of the molecule is N=C/C(=C\NC1CCNCC1)c1cnc2ccc(N3CCOCC3)cc2n1. The van der Waals surface area contributed by atoms with Crippen LogP contribution in [0.2, 0.25) is 0 Å². The van der Waals surface area contributed by atoms with E-state index >= 15 is 0 Å². The van der Waals surface area contributed by atoms with Crippen molar-refractivity contribution < 1.29 is 4.74 Å². The zero-order chi connectivity index (χ0) is 18.5. The number of fused-ring (bicyclic) bond motifs is 1. The Kier molecular flexibility index (Phi) is 5.60. The van der Waals surface area contributed by atoms with E-state index in [1.165, 1.54) is 6.21 Å². The molecule has 2 aliphatic heterocycles. The van der Waals surface area contributed by atoms with Crippen molar-refractivity contribution in [2.75, 3.05) is 44.3 Å². The van der Waals surface area contributed by atoms with Crippen molar-refractivity contribution in [3.63, 3.8) is 0 Å². The summed E-state index contributed by atoms with van der Waals surface area (Å²) in [7, 11) is 0. The maximum Gasteiger partial charge on any atom is 0.0922 e. The lowest BCUT2D eigenvalue weighted by molar-refractivity contribution is 0.122. The Bertz CT molecular complexity index is 824. The zero-order valence-electron chi connectivity index (χ0n) is 15.4. The molecule has 1 aromatic carbocycles. The van der Waals surface area contributed by atoms with E-state index in [1.54, 1.807) is 6.20 Å². The lowest BCUT2D eigenvalue weighted by Gasteiger charge is -2.28. The molecule has 4 rings (SSSR count). The molecule has 0 radical (unpaired) electrons. The first-order valence-corrected chi connectivity index (χ1v) is 9.61. The number of anilines is 1. The van der Waals surface area contributed by atoms with E-state index in [9.17, 15) is 0 Å². The number of hydrogen-bond donors (Lipinski definition) is 3. The number of morpholine rings is 1. The quantitative estimate of drug-likeness (QED) is 0.700. The third-order valence-electron chi connectivity index (χ3n) is 5.17. The van der Waals surface area contributed by atoms with Crippen molar-refractivity contribution in [2.45, 2.75) is 18.9 Å². The molecule has 0 spiro atoms. The van der Waals surface area contributed by atoms with Crippen molar-refractivity contribution in [3.8, 4) is 0 Å². The Morgan fingerprint density at radius 2 is 2.04 bits per heavy atom. The number of nitrogens with zero attached hydrogens (tertiary/aromatic N) is 3. The van der Waals surface area contributed by atoms with Crippen molar-refractivity contribution in [3.05, 3.63) is 36.3 Å². The number of aromatic nitrogens is 2. The lowest BCUT2D eigenvalue weighted by atomic mass is 10.1. The van der Waals surface area contributed by atoms with Crippen LogP contribution in [-0.4, -0.2) is 61.6 Å². The Morgan fingerprint density at radius 1 is 1.22 bits per heavy atom. The van der Waals surface area contributed by atoms with Gasteiger partial charge >= 0.3 is 0 Å². The second-order valence-corrected chi connectivity index (χ2v) is 6.96. The molecule has 2 aromatic rings. The molecule has 7 heteroatoms. The summed E-state index contributed by atoms with van der Waals surface area (Å²) in [5.41, 5.74) is 4.33. The Morgan fingerprint density at radius 3 is 2.81 bits per heavy atom. The third kappa shape index (κ3) is 4.26. The van der Waals surface area contributed by atoms with Crippen LogP contribution in [0, 0.1) is 5.41 Å². The fourth-order valence-electron chi connectivity index (χ4n) is 3.54. The molecule has 0 unspecified atom stereocenters. The van der Waals surface area contributed by atoms with Crippen molar-refractivity contribution in [1.82, 2.24) is 20.6 Å². The molecular weight excluding hydrogens is 340 g/mol. The number of hydrogen-bond acceptors (Lipinski definition) is 7. The van der Waals surface area contributed by atoms with Gasteiger partial charge in [0.15, 0.2) is 0 Å². The number of piperidine rings is 1. The van der Waals surface area contributed by atoms with Crippen LogP contribution in [0.1, 0.15) is 18.5 Å². The number of benzene rings is 1. The smallest absolute Gasteiger partial charge is 0.0922 e. The minimum absolute atomic E-state index is 0.447. The van der Waals surface area contributed by atoms with Gasteiger partial charge in [0, 0.05) is 42.8 Å². The monoisotopic (exact) mass is 366 g/mol. The number of nitrogens with one attached hydrogen (secondary N) is 3. The van der Waals surface area contributed by atoms with E-state index in [4.69, 9.17) is 15.1 Å². The van der Waals surface area contributed by atoms with Gasteiger partial charge in [0.1, 0.15) is 0 Å². The van der Waals surface area contributed by atoms with Gasteiger partial charge in [0.2, 0.25) is 0 Å². The summed E-state index contributed by atoms with van der Waals surface area (Å²) in [6.07, 6.45) is 7.18. The summed E-state index contributed by atoms with van der Waals surface area (Å²) < 4.78 is 5.44. The molecule has 142 valence electrons. The molecular formula is C20H26N6O. The van der Waals surface area contributed by atoms with Gasteiger partial charge in [-0.15, -0.1) is 0 Å². The third-order valence-corrected chi connectivity index (χ3v) is 5.17. The fourth-order valence-corrected chi connectivity index (χ4v) is 3.54. The van der Waals surface area contributed by atoms with Gasteiger partial charge in [-0.05, 0) is 44.1 Å². The van der Waals surface area contributed by atoms with E-state index in [1.807, 2.05) is 12.3 Å². The molecule has 0 atom stereocenters. The topological polar surface area (TPSA) is 86.2 Å². The Hall–Kier alpha value is -2.51. The van der Waals surface area contributed by atoms with Gasteiger partial charge in [0.25, 0.3) is 0 Å². The second kappa shape index (κ2) is 8.45. The van der Waals surface area contributed by atoms with Gasteiger partial charge in [-0.3, -0.25) is 4.98 Å².